The fourth-order valence-electron chi connectivity index (χ4n) is 1.46. The highest BCUT2D eigenvalue weighted by Crippen LogP contribution is 2.25. The van der Waals surface area contributed by atoms with E-state index in [1.807, 2.05) is 6.92 Å². The van der Waals surface area contributed by atoms with Gasteiger partial charge in [0.05, 0.1) is 5.69 Å². The van der Waals surface area contributed by atoms with E-state index in [4.69, 9.17) is 17.3 Å². The van der Waals surface area contributed by atoms with Crippen LogP contribution in [0.5, 0.6) is 0 Å². The van der Waals surface area contributed by atoms with Crippen molar-refractivity contribution in [2.75, 3.05) is 4.72 Å². The molecule has 0 fully saturated rings. The Hall–Kier alpha value is -1.08. The number of hydrogen-bond donors (Lipinski definition) is 2. The Labute approximate surface area is 121 Å². The van der Waals surface area contributed by atoms with E-state index in [0.29, 0.717) is 17.3 Å². The maximum absolute atomic E-state index is 12.1. The van der Waals surface area contributed by atoms with Gasteiger partial charge in [0.1, 0.15) is 4.21 Å². The van der Waals surface area contributed by atoms with E-state index in [1.165, 1.54) is 0 Å². The first kappa shape index (κ1) is 14.3. The minimum atomic E-state index is -3.58. The first-order chi connectivity index (χ1) is 8.92. The van der Waals surface area contributed by atoms with Crippen LogP contribution in [-0.4, -0.2) is 8.42 Å². The van der Waals surface area contributed by atoms with Gasteiger partial charge in [-0.05, 0) is 41.6 Å². The molecule has 3 N–H and O–H groups in total. The average Bonchev–Trinajstić information content (AvgIpc) is 2.83. The van der Waals surface area contributed by atoms with Gasteiger partial charge < -0.3 is 5.73 Å². The summed E-state index contributed by atoms with van der Waals surface area (Å²) >= 11 is 7.11. The number of aryl methyl sites for hydroxylation is 1. The third-order valence-electron chi connectivity index (χ3n) is 2.55. The van der Waals surface area contributed by atoms with Gasteiger partial charge in [-0.2, -0.15) is 0 Å². The Kier molecular flexibility index (Phi) is 4.15. The van der Waals surface area contributed by atoms with Gasteiger partial charge in [0.25, 0.3) is 10.0 Å². The van der Waals surface area contributed by atoms with E-state index >= 15 is 0 Å². The summed E-state index contributed by atoms with van der Waals surface area (Å²) in [7, 11) is -3.58. The van der Waals surface area contributed by atoms with E-state index < -0.39 is 10.0 Å². The van der Waals surface area contributed by atoms with Crippen molar-refractivity contribution in [2.45, 2.75) is 17.7 Å². The second-order valence-corrected chi connectivity index (χ2v) is 7.28. The molecule has 4 nitrogen and oxygen atoms in total. The lowest BCUT2D eigenvalue weighted by Gasteiger charge is -2.07. The van der Waals surface area contributed by atoms with Crippen LogP contribution in [0.3, 0.4) is 0 Å². The van der Waals surface area contributed by atoms with Gasteiger partial charge in [-0.3, -0.25) is 4.72 Å². The number of nitrogens with two attached hydrogens (primary N) is 1. The molecule has 0 amide bonds. The number of rotatable bonds is 4. The summed E-state index contributed by atoms with van der Waals surface area (Å²) in [5.41, 5.74) is 7.61. The number of thiophene rings is 1. The van der Waals surface area contributed by atoms with Crippen molar-refractivity contribution >= 4 is 38.6 Å². The van der Waals surface area contributed by atoms with E-state index in [-0.39, 0.29) is 4.21 Å². The second kappa shape index (κ2) is 5.50. The van der Waals surface area contributed by atoms with Crippen molar-refractivity contribution in [1.29, 1.82) is 0 Å². The molecule has 1 aromatic heterocycles. The molecule has 7 heteroatoms. The Morgan fingerprint density at radius 3 is 2.68 bits per heavy atom. The van der Waals surface area contributed by atoms with E-state index in [2.05, 4.69) is 4.72 Å². The summed E-state index contributed by atoms with van der Waals surface area (Å²) in [4.78, 5) is 0. The van der Waals surface area contributed by atoms with Crippen LogP contribution in [0.25, 0.3) is 0 Å². The molecule has 0 spiro atoms. The largest absolute Gasteiger partial charge is 0.326 e. The predicted octanol–water partition coefficient (Wildman–Crippen LogP) is 2.97. The molecule has 0 atom stereocenters. The zero-order valence-corrected chi connectivity index (χ0v) is 12.6. The molecule has 0 saturated carbocycles. The third kappa shape index (κ3) is 3.27. The average molecular weight is 317 g/mol. The van der Waals surface area contributed by atoms with Gasteiger partial charge in [-0.1, -0.05) is 17.7 Å². The fourth-order valence-corrected chi connectivity index (χ4v) is 3.92. The lowest BCUT2D eigenvalue weighted by Crippen LogP contribution is -2.11. The Morgan fingerprint density at radius 1 is 1.37 bits per heavy atom. The standard InChI is InChI=1S/C12H13ClN2O2S2/c1-8-2-3-10(5-11(8)13)15-19(16,17)12-4-9(6-14)7-18-12/h2-5,7,15H,6,14H2,1H3. The molecule has 0 radical (unpaired) electrons. The van der Waals surface area contributed by atoms with E-state index in [9.17, 15) is 8.42 Å². The summed E-state index contributed by atoms with van der Waals surface area (Å²) in [6.07, 6.45) is 0. The highest BCUT2D eigenvalue weighted by atomic mass is 35.5. The van der Waals surface area contributed by atoms with Gasteiger partial charge in [0.15, 0.2) is 0 Å². The quantitative estimate of drug-likeness (QED) is 0.911. The van der Waals surface area contributed by atoms with Crippen molar-refractivity contribution in [3.05, 3.63) is 45.8 Å². The lowest BCUT2D eigenvalue weighted by molar-refractivity contribution is 0.603. The number of nitrogens with one attached hydrogen (secondary N) is 1. The van der Waals surface area contributed by atoms with E-state index in [1.54, 1.807) is 29.6 Å². The molecule has 0 aliphatic heterocycles. The van der Waals surface area contributed by atoms with E-state index in [0.717, 1.165) is 22.5 Å². The first-order valence-electron chi connectivity index (χ1n) is 5.49. The maximum atomic E-state index is 12.1. The zero-order valence-electron chi connectivity index (χ0n) is 10.2. The highest BCUT2D eigenvalue weighted by molar-refractivity contribution is 7.94. The van der Waals surface area contributed by atoms with Crippen LogP contribution in [0.2, 0.25) is 5.02 Å². The minimum absolute atomic E-state index is 0.240. The third-order valence-corrected chi connectivity index (χ3v) is 5.83. The number of anilines is 1. The molecule has 2 aromatic rings. The summed E-state index contributed by atoms with van der Waals surface area (Å²) in [5, 5.41) is 2.26. The van der Waals surface area contributed by atoms with Crippen LogP contribution in [-0.2, 0) is 16.6 Å². The van der Waals surface area contributed by atoms with Gasteiger partial charge in [-0.15, -0.1) is 11.3 Å². The molecular weight excluding hydrogens is 304 g/mol. The van der Waals surface area contributed by atoms with Gasteiger partial charge in [0, 0.05) is 11.6 Å². The monoisotopic (exact) mass is 316 g/mol. The topological polar surface area (TPSA) is 72.2 Å². The molecule has 2 rings (SSSR count). The van der Waals surface area contributed by atoms with Crippen LogP contribution in [0.15, 0.2) is 33.9 Å². The van der Waals surface area contributed by atoms with Crippen LogP contribution < -0.4 is 10.5 Å². The molecule has 1 aromatic carbocycles. The Balaban J connectivity index is 2.28. The molecule has 0 unspecified atom stereocenters. The normalized spacial score (nSPS) is 11.5. The maximum Gasteiger partial charge on any atom is 0.271 e. The molecule has 0 aliphatic rings. The smallest absolute Gasteiger partial charge is 0.271 e. The molecular formula is C12H13ClN2O2S2. The SMILES string of the molecule is Cc1ccc(NS(=O)(=O)c2cc(CN)cs2)cc1Cl. The van der Waals surface area contributed by atoms with Crippen LogP contribution in [0.1, 0.15) is 11.1 Å². The Bertz CT molecular complexity index is 696. The molecule has 1 heterocycles. The fraction of sp³-hybridized carbons (Fsp3) is 0.167. The van der Waals surface area contributed by atoms with Gasteiger partial charge in [0.2, 0.25) is 0 Å². The zero-order chi connectivity index (χ0) is 14.0. The molecule has 0 aliphatic carbocycles. The van der Waals surface area contributed by atoms with Crippen molar-refractivity contribution in [3.63, 3.8) is 0 Å². The lowest BCUT2D eigenvalue weighted by atomic mass is 10.2. The second-order valence-electron chi connectivity index (χ2n) is 4.05. The van der Waals surface area contributed by atoms with Crippen LogP contribution in [0.4, 0.5) is 5.69 Å². The summed E-state index contributed by atoms with van der Waals surface area (Å²) < 4.78 is 27.0. The summed E-state index contributed by atoms with van der Waals surface area (Å²) in [6, 6.07) is 6.60. The summed E-state index contributed by atoms with van der Waals surface area (Å²) in [6.45, 7) is 2.18. The van der Waals surface area contributed by atoms with Crippen molar-refractivity contribution in [1.82, 2.24) is 0 Å². The number of hydrogen-bond acceptors (Lipinski definition) is 4. The van der Waals surface area contributed by atoms with Crippen molar-refractivity contribution in [2.24, 2.45) is 5.73 Å². The van der Waals surface area contributed by atoms with Crippen molar-refractivity contribution in [3.8, 4) is 0 Å². The predicted molar refractivity (Wildman–Crippen MR) is 79.2 cm³/mol. The van der Waals surface area contributed by atoms with Gasteiger partial charge >= 0.3 is 0 Å². The number of benzene rings is 1. The molecule has 19 heavy (non-hydrogen) atoms. The summed E-state index contributed by atoms with van der Waals surface area (Å²) in [5.74, 6) is 0. The Morgan fingerprint density at radius 2 is 2.11 bits per heavy atom. The molecule has 102 valence electrons. The minimum Gasteiger partial charge on any atom is -0.326 e. The van der Waals surface area contributed by atoms with Crippen LogP contribution >= 0.6 is 22.9 Å². The first-order valence-corrected chi connectivity index (χ1v) is 8.23. The van der Waals surface area contributed by atoms with Crippen molar-refractivity contribution < 1.29 is 8.42 Å². The number of sulfonamides is 1. The van der Waals surface area contributed by atoms with Gasteiger partial charge in [-0.25, -0.2) is 8.42 Å². The molecule has 0 bridgehead atoms. The van der Waals surface area contributed by atoms with Crippen LogP contribution in [0, 0.1) is 6.92 Å². The number of halogens is 1. The molecule has 0 saturated heterocycles. The highest BCUT2D eigenvalue weighted by Gasteiger charge is 2.17.